The van der Waals surface area contributed by atoms with Crippen LogP contribution in [-0.2, 0) is 9.59 Å². The zero-order valence-corrected chi connectivity index (χ0v) is 32.7. The Bertz CT molecular complexity index is 544. The molecule has 54 heavy (non-hydrogen) atoms. The number of hydrogen-bond donors (Lipinski definition) is 17. The van der Waals surface area contributed by atoms with Crippen LogP contribution in [0.25, 0.3) is 0 Å². The molecule has 0 aromatic rings. The minimum Gasteiger partial charge on any atom is -0.481 e. The predicted molar refractivity (Wildman–Crippen MR) is 201 cm³/mol. The van der Waals surface area contributed by atoms with E-state index < -0.39 is 42.5 Å². The zero-order valence-electron chi connectivity index (χ0n) is 32.7. The van der Waals surface area contributed by atoms with Gasteiger partial charge in [-0.25, -0.2) is 0 Å². The molecule has 0 heterocycles. The van der Waals surface area contributed by atoms with Gasteiger partial charge in [-0.1, -0.05) is 90.9 Å². The Balaban J connectivity index is -0.0000000982. The van der Waals surface area contributed by atoms with Crippen LogP contribution in [0.1, 0.15) is 117 Å². The van der Waals surface area contributed by atoms with Gasteiger partial charge in [-0.2, -0.15) is 0 Å². The van der Waals surface area contributed by atoms with E-state index in [1.807, 2.05) is 0 Å². The highest BCUT2D eigenvalue weighted by Crippen LogP contribution is 2.08. The lowest BCUT2D eigenvalue weighted by Gasteiger charge is -1.98. The Hall–Kier alpha value is -1.66. The van der Waals surface area contributed by atoms with Crippen LogP contribution in [0.5, 0.6) is 0 Å². The summed E-state index contributed by atoms with van der Waals surface area (Å²) < 4.78 is 0. The van der Waals surface area contributed by atoms with Gasteiger partial charge in [-0.05, 0) is 12.8 Å². The third-order valence-corrected chi connectivity index (χ3v) is 6.10. The van der Waals surface area contributed by atoms with E-state index in [0.717, 1.165) is 25.7 Å². The second-order valence-corrected chi connectivity index (χ2v) is 11.6. The summed E-state index contributed by atoms with van der Waals surface area (Å²) in [5, 5.41) is 137. The molecule has 334 valence electrons. The zero-order chi connectivity index (χ0) is 43.4. The smallest absolute Gasteiger partial charge is 0.303 e. The first-order valence-corrected chi connectivity index (χ1v) is 18.5. The Kier molecular flexibility index (Phi) is 78.7. The van der Waals surface area contributed by atoms with Crippen LogP contribution < -0.4 is 0 Å². The van der Waals surface area contributed by atoms with Crippen molar-refractivity contribution in [2.75, 3.05) is 66.1 Å². The standard InChI is InChI=1S/2C10H20O2.5C3H8O3/c2*1-2-3-4-5-6-7-8-9-10(11)12;5*4-1-3(6)2-5/h2*2-9H2,1H3,(H,11,12);5*3-6H,1-2H2. The largest absolute Gasteiger partial charge is 0.481 e. The molecule has 19 nitrogen and oxygen atoms in total. The van der Waals surface area contributed by atoms with Crippen molar-refractivity contribution in [1.82, 2.24) is 0 Å². The number of hydrogen-bond acceptors (Lipinski definition) is 17. The Morgan fingerprint density at radius 1 is 0.315 bits per heavy atom. The molecule has 0 amide bonds. The highest BCUT2D eigenvalue weighted by molar-refractivity contribution is 5.66. The number of aliphatic hydroxyl groups is 15. The summed E-state index contributed by atoms with van der Waals surface area (Å²) in [6.07, 6.45) is 12.5. The summed E-state index contributed by atoms with van der Waals surface area (Å²) in [6.45, 7) is 0.752. The van der Waals surface area contributed by atoms with E-state index >= 15 is 0 Å². The lowest BCUT2D eigenvalue weighted by atomic mass is 10.1. The molecular formula is C35H80O19. The van der Waals surface area contributed by atoms with Crippen molar-refractivity contribution < 1.29 is 96.4 Å². The van der Waals surface area contributed by atoms with E-state index in [4.69, 9.17) is 86.8 Å². The molecule has 0 radical (unpaired) electrons. The number of carboxylic acid groups (broad SMARTS) is 2. The molecule has 0 aliphatic rings. The van der Waals surface area contributed by atoms with E-state index in [0.29, 0.717) is 12.8 Å². The van der Waals surface area contributed by atoms with Crippen molar-refractivity contribution in [1.29, 1.82) is 0 Å². The second kappa shape index (κ2) is 63.3. The molecule has 0 saturated carbocycles. The van der Waals surface area contributed by atoms with Gasteiger partial charge in [0.1, 0.15) is 30.5 Å². The van der Waals surface area contributed by atoms with Crippen molar-refractivity contribution in [2.24, 2.45) is 0 Å². The minimum atomic E-state index is -0.954. The Labute approximate surface area is 321 Å². The van der Waals surface area contributed by atoms with Gasteiger partial charge in [0.25, 0.3) is 0 Å². The minimum absolute atomic E-state index is 0.341. The van der Waals surface area contributed by atoms with E-state index in [1.165, 1.54) is 64.2 Å². The van der Waals surface area contributed by atoms with E-state index in [9.17, 15) is 9.59 Å². The molecule has 0 rings (SSSR count). The molecule has 19 heteroatoms. The SMILES string of the molecule is CCCCCCCCCC(=O)O.CCCCCCCCCC(=O)O.OCC(O)CO.OCC(O)CO.OCC(O)CO.OCC(O)CO.OCC(O)CO. The fraction of sp³-hybridized carbons (Fsp3) is 0.943. The molecule has 0 spiro atoms. The Morgan fingerprint density at radius 2 is 0.463 bits per heavy atom. The second-order valence-electron chi connectivity index (χ2n) is 11.6. The predicted octanol–water partition coefficient (Wildman–Crippen LogP) is -1.92. The lowest BCUT2D eigenvalue weighted by Crippen LogP contribution is -2.15. The molecule has 0 fully saturated rings. The van der Waals surface area contributed by atoms with Gasteiger partial charge in [0.15, 0.2) is 0 Å². The first kappa shape index (κ1) is 67.1. The number of aliphatic carboxylic acids is 2. The van der Waals surface area contributed by atoms with Crippen LogP contribution in [0.4, 0.5) is 0 Å². The quantitative estimate of drug-likeness (QED) is 0.0424. The van der Waals surface area contributed by atoms with Crippen LogP contribution in [0.3, 0.4) is 0 Å². The van der Waals surface area contributed by atoms with Crippen LogP contribution in [0.2, 0.25) is 0 Å². The third kappa shape index (κ3) is 92.8. The maximum Gasteiger partial charge on any atom is 0.303 e. The van der Waals surface area contributed by atoms with Gasteiger partial charge in [-0.3, -0.25) is 9.59 Å². The molecular weight excluding hydrogens is 724 g/mol. The van der Waals surface area contributed by atoms with Gasteiger partial charge < -0.3 is 86.8 Å². The van der Waals surface area contributed by atoms with E-state index in [-0.39, 0.29) is 66.1 Å². The van der Waals surface area contributed by atoms with Gasteiger partial charge in [0.2, 0.25) is 0 Å². The molecule has 0 aliphatic carbocycles. The van der Waals surface area contributed by atoms with Crippen molar-refractivity contribution in [3.63, 3.8) is 0 Å². The highest BCUT2D eigenvalue weighted by atomic mass is 16.4. The van der Waals surface area contributed by atoms with Crippen LogP contribution in [-0.4, -0.2) is 195 Å². The molecule has 17 N–H and O–H groups in total. The van der Waals surface area contributed by atoms with Crippen molar-refractivity contribution >= 4 is 11.9 Å². The van der Waals surface area contributed by atoms with E-state index in [1.54, 1.807) is 0 Å². The number of aliphatic hydroxyl groups excluding tert-OH is 15. The molecule has 0 aromatic heterocycles. The summed E-state index contributed by atoms with van der Waals surface area (Å²) in [5.41, 5.74) is 0. The first-order chi connectivity index (χ1) is 25.6. The fourth-order valence-corrected chi connectivity index (χ4v) is 2.76. The van der Waals surface area contributed by atoms with Crippen LogP contribution in [0.15, 0.2) is 0 Å². The Morgan fingerprint density at radius 3 is 0.574 bits per heavy atom. The third-order valence-electron chi connectivity index (χ3n) is 6.10. The fourth-order valence-electron chi connectivity index (χ4n) is 2.76. The average Bonchev–Trinajstić information content (AvgIpc) is 3.19. The summed E-state index contributed by atoms with van der Waals surface area (Å²) in [6, 6.07) is 0. The van der Waals surface area contributed by atoms with Crippen LogP contribution >= 0.6 is 0 Å². The topological polar surface area (TPSA) is 378 Å². The van der Waals surface area contributed by atoms with Crippen molar-refractivity contribution in [3.05, 3.63) is 0 Å². The number of unbranched alkanes of at least 4 members (excludes halogenated alkanes) is 12. The summed E-state index contributed by atoms with van der Waals surface area (Å²) in [5.74, 6) is -1.33. The monoisotopic (exact) mass is 805 g/mol. The molecule has 0 aromatic carbocycles. The molecule has 0 bridgehead atoms. The summed E-state index contributed by atoms with van der Waals surface area (Å²) in [4.78, 5) is 20.3. The van der Waals surface area contributed by atoms with Gasteiger partial charge in [0.05, 0.1) is 66.1 Å². The maximum atomic E-state index is 10.1. The normalized spacial score (nSPS) is 10.0. The molecule has 0 unspecified atom stereocenters. The number of carbonyl (C=O) groups is 2. The molecule has 0 saturated heterocycles. The van der Waals surface area contributed by atoms with Crippen molar-refractivity contribution in [2.45, 2.75) is 147 Å². The highest BCUT2D eigenvalue weighted by Gasteiger charge is 1.98. The van der Waals surface area contributed by atoms with Gasteiger partial charge in [0, 0.05) is 12.8 Å². The maximum absolute atomic E-state index is 10.1. The lowest BCUT2D eigenvalue weighted by molar-refractivity contribution is -0.138. The molecule has 0 aliphatic heterocycles. The van der Waals surface area contributed by atoms with Gasteiger partial charge in [-0.15, -0.1) is 0 Å². The van der Waals surface area contributed by atoms with Gasteiger partial charge >= 0.3 is 11.9 Å². The number of carboxylic acids is 2. The number of rotatable bonds is 26. The first-order valence-electron chi connectivity index (χ1n) is 18.5. The summed E-state index contributed by atoms with van der Waals surface area (Å²) >= 11 is 0. The average molecular weight is 805 g/mol. The van der Waals surface area contributed by atoms with Crippen LogP contribution in [0, 0.1) is 0 Å². The summed E-state index contributed by atoms with van der Waals surface area (Å²) in [7, 11) is 0. The van der Waals surface area contributed by atoms with E-state index in [2.05, 4.69) is 13.8 Å². The van der Waals surface area contributed by atoms with Crippen molar-refractivity contribution in [3.8, 4) is 0 Å². The molecule has 0 atom stereocenters.